The monoisotopic (exact) mass is 359 g/mol. The minimum absolute atomic E-state index is 0.156. The quantitative estimate of drug-likeness (QED) is 0.813. The minimum atomic E-state index is -0.642. The zero-order valence-corrected chi connectivity index (χ0v) is 14.9. The Morgan fingerprint density at radius 2 is 1.77 bits per heavy atom. The molecule has 2 aliphatic carbocycles. The second kappa shape index (κ2) is 6.99. The van der Waals surface area contributed by atoms with Crippen LogP contribution in [0.2, 0.25) is 0 Å². The van der Waals surface area contributed by atoms with E-state index in [2.05, 4.69) is 5.32 Å². The summed E-state index contributed by atoms with van der Waals surface area (Å²) in [6.45, 7) is 0.491. The number of anilines is 1. The Balaban J connectivity index is 1.42. The lowest BCUT2D eigenvalue weighted by atomic mass is 9.67. The zero-order valence-electron chi connectivity index (χ0n) is 14.9. The van der Waals surface area contributed by atoms with Gasteiger partial charge in [0, 0.05) is 24.3 Å². The van der Waals surface area contributed by atoms with Crippen molar-refractivity contribution in [2.45, 2.75) is 50.6 Å². The second-order valence-corrected chi connectivity index (χ2v) is 8.02. The minimum Gasteiger partial charge on any atom is -0.352 e. The fraction of sp³-hybridized carbons (Fsp3) is 0.600. The van der Waals surface area contributed by atoms with Gasteiger partial charge in [-0.1, -0.05) is 6.42 Å². The van der Waals surface area contributed by atoms with E-state index in [-0.39, 0.29) is 29.7 Å². The number of fused-ring (bicyclic) bond motifs is 2. The van der Waals surface area contributed by atoms with E-state index < -0.39 is 5.92 Å². The lowest BCUT2D eigenvalue weighted by Gasteiger charge is -2.45. The van der Waals surface area contributed by atoms with Gasteiger partial charge in [0.1, 0.15) is 11.7 Å². The van der Waals surface area contributed by atoms with Gasteiger partial charge in [0.25, 0.3) is 0 Å². The number of carbonyl (C=O) groups is 2. The third kappa shape index (κ3) is 3.22. The molecule has 2 saturated carbocycles. The van der Waals surface area contributed by atoms with Crippen LogP contribution in [0.15, 0.2) is 24.3 Å². The van der Waals surface area contributed by atoms with Gasteiger partial charge in [0.15, 0.2) is 0 Å². The van der Waals surface area contributed by atoms with Crippen LogP contribution in [0, 0.1) is 23.6 Å². The Morgan fingerprint density at radius 3 is 2.42 bits per heavy atom. The van der Waals surface area contributed by atoms with Crippen molar-refractivity contribution in [3.05, 3.63) is 30.1 Å². The summed E-state index contributed by atoms with van der Waals surface area (Å²) in [5, 5.41) is 3.19. The number of amides is 2. The summed E-state index contributed by atoms with van der Waals surface area (Å²) in [7, 11) is 0. The first kappa shape index (κ1) is 17.5. The van der Waals surface area contributed by atoms with E-state index in [9.17, 15) is 14.0 Å². The smallest absolute Gasteiger partial charge is 0.239 e. The molecule has 3 atom stereocenters. The summed E-state index contributed by atoms with van der Waals surface area (Å²) < 4.78 is 13.1. The number of carbonyl (C=O) groups excluding carboxylic acids is 2. The van der Waals surface area contributed by atoms with Crippen LogP contribution in [0.1, 0.15) is 38.5 Å². The molecule has 26 heavy (non-hydrogen) atoms. The summed E-state index contributed by atoms with van der Waals surface area (Å²) in [5.41, 5.74) is 6.80. The number of nitrogens with zero attached hydrogens (tertiary/aromatic N) is 1. The van der Waals surface area contributed by atoms with Gasteiger partial charge in [-0.2, -0.15) is 0 Å². The van der Waals surface area contributed by atoms with Crippen LogP contribution < -0.4 is 16.0 Å². The topological polar surface area (TPSA) is 75.4 Å². The molecule has 2 amide bonds. The van der Waals surface area contributed by atoms with E-state index in [4.69, 9.17) is 5.73 Å². The first-order chi connectivity index (χ1) is 12.5. The fourth-order valence-electron chi connectivity index (χ4n) is 5.09. The normalized spacial score (nSPS) is 34.0. The molecule has 4 rings (SSSR count). The molecule has 3 unspecified atom stereocenters. The van der Waals surface area contributed by atoms with Gasteiger partial charge < -0.3 is 16.0 Å². The zero-order chi connectivity index (χ0) is 18.3. The maximum absolute atomic E-state index is 13.1. The van der Waals surface area contributed by atoms with Crippen LogP contribution in [0.5, 0.6) is 0 Å². The number of nitrogens with two attached hydrogens (primary N) is 1. The van der Waals surface area contributed by atoms with Crippen molar-refractivity contribution in [1.82, 2.24) is 5.32 Å². The maximum atomic E-state index is 13.1. The largest absolute Gasteiger partial charge is 0.352 e. The highest BCUT2D eigenvalue weighted by atomic mass is 19.1. The molecule has 0 spiro atoms. The Kier molecular flexibility index (Phi) is 4.69. The van der Waals surface area contributed by atoms with E-state index in [0.717, 1.165) is 25.7 Å². The van der Waals surface area contributed by atoms with Gasteiger partial charge in [-0.3, -0.25) is 9.59 Å². The van der Waals surface area contributed by atoms with E-state index in [1.807, 2.05) is 0 Å². The van der Waals surface area contributed by atoms with E-state index in [1.54, 1.807) is 17.0 Å². The molecule has 2 bridgehead atoms. The molecule has 1 aliphatic heterocycles. The molecule has 3 fully saturated rings. The molecule has 5 nitrogen and oxygen atoms in total. The van der Waals surface area contributed by atoms with Gasteiger partial charge in [-0.15, -0.1) is 0 Å². The van der Waals surface area contributed by atoms with Crippen LogP contribution in [-0.4, -0.2) is 30.4 Å². The third-order valence-corrected chi connectivity index (χ3v) is 6.35. The van der Waals surface area contributed by atoms with Crippen LogP contribution in [0.4, 0.5) is 10.1 Å². The van der Waals surface area contributed by atoms with Crippen LogP contribution >= 0.6 is 0 Å². The van der Waals surface area contributed by atoms with Crippen molar-refractivity contribution in [2.75, 3.05) is 11.4 Å². The molecule has 1 aromatic rings. The van der Waals surface area contributed by atoms with Crippen molar-refractivity contribution in [3.8, 4) is 0 Å². The van der Waals surface area contributed by atoms with E-state index in [0.29, 0.717) is 30.5 Å². The Bertz CT molecular complexity index is 679. The first-order valence-corrected chi connectivity index (χ1v) is 9.66. The van der Waals surface area contributed by atoms with Gasteiger partial charge in [0.05, 0.1) is 0 Å². The molecular formula is C20H26FN3O2. The molecule has 1 heterocycles. The SMILES string of the molecule is NC1CC2CCCC(C1)C2NC(=O)C1CCN(c2ccc(F)cc2)C1=O. The van der Waals surface area contributed by atoms with Crippen molar-refractivity contribution in [1.29, 1.82) is 0 Å². The molecule has 3 N–H and O–H groups in total. The fourth-order valence-corrected chi connectivity index (χ4v) is 5.09. The predicted molar refractivity (Wildman–Crippen MR) is 96.8 cm³/mol. The van der Waals surface area contributed by atoms with Gasteiger partial charge in [-0.25, -0.2) is 4.39 Å². The number of nitrogens with one attached hydrogen (secondary N) is 1. The first-order valence-electron chi connectivity index (χ1n) is 9.66. The van der Waals surface area contributed by atoms with Crippen molar-refractivity contribution >= 4 is 17.5 Å². The molecular weight excluding hydrogens is 333 g/mol. The van der Waals surface area contributed by atoms with Gasteiger partial charge in [0.2, 0.25) is 11.8 Å². The second-order valence-electron chi connectivity index (χ2n) is 8.02. The summed E-state index contributed by atoms with van der Waals surface area (Å²) in [6, 6.07) is 6.23. The molecule has 0 aromatic heterocycles. The summed E-state index contributed by atoms with van der Waals surface area (Å²) in [4.78, 5) is 27.1. The molecule has 140 valence electrons. The number of hydrogen-bond acceptors (Lipinski definition) is 3. The molecule has 1 saturated heterocycles. The Labute approximate surface area is 153 Å². The highest BCUT2D eigenvalue weighted by Crippen LogP contribution is 2.40. The highest BCUT2D eigenvalue weighted by molar-refractivity contribution is 6.09. The third-order valence-electron chi connectivity index (χ3n) is 6.35. The average Bonchev–Trinajstić information content (AvgIpc) is 2.98. The van der Waals surface area contributed by atoms with Gasteiger partial charge >= 0.3 is 0 Å². The number of hydrogen-bond donors (Lipinski definition) is 2. The predicted octanol–water partition coefficient (Wildman–Crippen LogP) is 2.20. The van der Waals surface area contributed by atoms with E-state index >= 15 is 0 Å². The standard InChI is InChI=1S/C20H26FN3O2/c21-14-4-6-16(7-5-14)24-9-8-17(20(24)26)19(25)23-18-12-2-1-3-13(18)11-15(22)10-12/h4-7,12-13,15,17-18H,1-3,8-11,22H2,(H,23,25). The Hall–Kier alpha value is -1.95. The average molecular weight is 359 g/mol. The number of benzene rings is 1. The summed E-state index contributed by atoms with van der Waals surface area (Å²) >= 11 is 0. The van der Waals surface area contributed by atoms with E-state index in [1.165, 1.54) is 18.6 Å². The Morgan fingerprint density at radius 1 is 1.12 bits per heavy atom. The van der Waals surface area contributed by atoms with Crippen molar-refractivity contribution < 1.29 is 14.0 Å². The van der Waals surface area contributed by atoms with Crippen LogP contribution in [0.25, 0.3) is 0 Å². The van der Waals surface area contributed by atoms with Crippen LogP contribution in [0.3, 0.4) is 0 Å². The maximum Gasteiger partial charge on any atom is 0.239 e. The summed E-state index contributed by atoms with van der Waals surface area (Å²) in [5.74, 6) is -0.450. The lowest BCUT2D eigenvalue weighted by molar-refractivity contribution is -0.133. The highest BCUT2D eigenvalue weighted by Gasteiger charge is 2.43. The molecule has 0 radical (unpaired) electrons. The number of halogens is 1. The number of rotatable bonds is 3. The summed E-state index contributed by atoms with van der Waals surface area (Å²) in [6.07, 6.45) is 5.84. The van der Waals surface area contributed by atoms with Gasteiger partial charge in [-0.05, 0) is 68.2 Å². The lowest BCUT2D eigenvalue weighted by Crippen LogP contribution is -2.55. The van der Waals surface area contributed by atoms with Crippen molar-refractivity contribution in [3.63, 3.8) is 0 Å². The molecule has 3 aliphatic rings. The van der Waals surface area contributed by atoms with Crippen molar-refractivity contribution in [2.24, 2.45) is 23.5 Å². The van der Waals surface area contributed by atoms with Crippen LogP contribution in [-0.2, 0) is 9.59 Å². The molecule has 6 heteroatoms. The molecule has 1 aromatic carbocycles.